The van der Waals surface area contributed by atoms with E-state index in [0.717, 1.165) is 5.75 Å². The van der Waals surface area contributed by atoms with Gasteiger partial charge in [-0.15, -0.1) is 0 Å². The molecule has 152 valence electrons. The first-order chi connectivity index (χ1) is 13.9. The van der Waals surface area contributed by atoms with Gasteiger partial charge in [-0.2, -0.15) is 0 Å². The third-order valence-corrected chi connectivity index (χ3v) is 4.81. The fraction of sp³-hybridized carbons (Fsp3) is 0.348. The highest BCUT2D eigenvalue weighted by atomic mass is 16.5. The lowest BCUT2D eigenvalue weighted by Gasteiger charge is -2.31. The zero-order valence-corrected chi connectivity index (χ0v) is 16.8. The molecule has 2 aromatic rings. The van der Waals surface area contributed by atoms with Crippen LogP contribution in [0, 0.1) is 5.92 Å². The van der Waals surface area contributed by atoms with Crippen molar-refractivity contribution in [2.75, 3.05) is 13.1 Å². The van der Waals surface area contributed by atoms with Crippen molar-refractivity contribution in [3.05, 3.63) is 60.2 Å². The van der Waals surface area contributed by atoms with Crippen LogP contribution in [0.3, 0.4) is 0 Å². The zero-order valence-electron chi connectivity index (χ0n) is 16.8. The van der Waals surface area contributed by atoms with Gasteiger partial charge in [0, 0.05) is 30.6 Å². The normalized spacial score (nSPS) is 16.4. The Bertz CT molecular complexity index is 862. The number of Topliss-reactive ketones (excluding diaryl/α,β-unsaturated/α-hetero) is 1. The van der Waals surface area contributed by atoms with E-state index in [2.05, 4.69) is 5.32 Å². The van der Waals surface area contributed by atoms with Crippen LogP contribution >= 0.6 is 0 Å². The number of nitrogens with one attached hydrogen (secondary N) is 1. The number of ether oxygens (including phenoxy) is 1. The fourth-order valence-corrected chi connectivity index (χ4v) is 3.39. The van der Waals surface area contributed by atoms with Gasteiger partial charge in [-0.1, -0.05) is 18.2 Å². The maximum absolute atomic E-state index is 12.9. The Morgan fingerprint density at radius 3 is 2.31 bits per heavy atom. The van der Waals surface area contributed by atoms with Gasteiger partial charge >= 0.3 is 11.8 Å². The Balaban J connectivity index is 1.62. The summed E-state index contributed by atoms with van der Waals surface area (Å²) in [5.74, 6) is -0.122. The first-order valence-corrected chi connectivity index (χ1v) is 9.91. The average Bonchev–Trinajstić information content (AvgIpc) is 2.73. The first-order valence-electron chi connectivity index (χ1n) is 9.91. The molecule has 1 aliphatic rings. The largest absolute Gasteiger partial charge is 0.457 e. The predicted octanol–water partition coefficient (Wildman–Crippen LogP) is 3.42. The number of hydrogen-bond acceptors (Lipinski definition) is 4. The number of hydrogen-bond donors (Lipinski definition) is 1. The average molecular weight is 394 g/mol. The number of nitrogens with zero attached hydrogens (tertiary/aromatic N) is 1. The van der Waals surface area contributed by atoms with Gasteiger partial charge in [-0.3, -0.25) is 14.4 Å². The molecule has 2 amide bonds. The van der Waals surface area contributed by atoms with Crippen LogP contribution in [0.2, 0.25) is 0 Å². The molecule has 6 heteroatoms. The standard InChI is InChI=1S/C23H26N2O4/c1-16(2)24-22(27)23(28)25-14-6-7-18(15-25)21(26)17-10-12-20(13-11-17)29-19-8-4-3-5-9-19/h3-5,8-13,16,18H,6-7,14-15H2,1-2H3,(H,24,27)/t18-/m1/s1. The number of carbonyl (C=O) groups excluding carboxylic acids is 3. The molecule has 0 saturated carbocycles. The van der Waals surface area contributed by atoms with E-state index in [1.807, 2.05) is 30.3 Å². The quantitative estimate of drug-likeness (QED) is 0.623. The number of para-hydroxylation sites is 1. The van der Waals surface area contributed by atoms with Crippen molar-refractivity contribution in [2.45, 2.75) is 32.7 Å². The molecule has 29 heavy (non-hydrogen) atoms. The molecule has 1 N–H and O–H groups in total. The summed E-state index contributed by atoms with van der Waals surface area (Å²) in [5, 5.41) is 2.61. The van der Waals surface area contributed by atoms with Gasteiger partial charge in [-0.05, 0) is 63.1 Å². The van der Waals surface area contributed by atoms with Gasteiger partial charge in [0.15, 0.2) is 5.78 Å². The Kier molecular flexibility index (Phi) is 6.65. The van der Waals surface area contributed by atoms with Crippen LogP contribution < -0.4 is 10.1 Å². The minimum atomic E-state index is -0.615. The second kappa shape index (κ2) is 9.37. The van der Waals surface area contributed by atoms with Gasteiger partial charge in [0.25, 0.3) is 0 Å². The lowest BCUT2D eigenvalue weighted by atomic mass is 9.90. The molecule has 0 bridgehead atoms. The van der Waals surface area contributed by atoms with Crippen LogP contribution in [-0.2, 0) is 9.59 Å². The minimum Gasteiger partial charge on any atom is -0.457 e. The molecule has 0 radical (unpaired) electrons. The van der Waals surface area contributed by atoms with Crippen molar-refractivity contribution >= 4 is 17.6 Å². The lowest BCUT2D eigenvalue weighted by molar-refractivity contribution is -0.147. The van der Waals surface area contributed by atoms with Crippen molar-refractivity contribution in [3.63, 3.8) is 0 Å². The Labute approximate surface area is 170 Å². The summed E-state index contributed by atoms with van der Waals surface area (Å²) in [6.45, 7) is 4.38. The minimum absolute atomic E-state index is 0.0157. The lowest BCUT2D eigenvalue weighted by Crippen LogP contribution is -2.49. The Morgan fingerprint density at radius 2 is 1.66 bits per heavy atom. The molecular formula is C23H26N2O4. The molecule has 1 saturated heterocycles. The number of rotatable bonds is 5. The van der Waals surface area contributed by atoms with E-state index in [1.165, 1.54) is 4.90 Å². The topological polar surface area (TPSA) is 75.7 Å². The van der Waals surface area contributed by atoms with E-state index >= 15 is 0 Å². The van der Waals surface area contributed by atoms with Crippen LogP contribution in [0.15, 0.2) is 54.6 Å². The third-order valence-electron chi connectivity index (χ3n) is 4.81. The van der Waals surface area contributed by atoms with Gasteiger partial charge in [0.05, 0.1) is 0 Å². The first kappa shape index (κ1) is 20.6. The van der Waals surface area contributed by atoms with Crippen molar-refractivity contribution in [3.8, 4) is 11.5 Å². The SMILES string of the molecule is CC(C)NC(=O)C(=O)N1CCC[C@@H](C(=O)c2ccc(Oc3ccccc3)cc2)C1. The van der Waals surface area contributed by atoms with E-state index in [0.29, 0.717) is 30.7 Å². The summed E-state index contributed by atoms with van der Waals surface area (Å²) in [6, 6.07) is 16.3. The van der Waals surface area contributed by atoms with Crippen LogP contribution in [0.1, 0.15) is 37.0 Å². The molecule has 0 aliphatic carbocycles. The second-order valence-corrected chi connectivity index (χ2v) is 7.52. The molecule has 1 heterocycles. The van der Waals surface area contributed by atoms with E-state index < -0.39 is 11.8 Å². The highest BCUT2D eigenvalue weighted by Crippen LogP contribution is 2.25. The maximum atomic E-state index is 12.9. The highest BCUT2D eigenvalue weighted by Gasteiger charge is 2.31. The Morgan fingerprint density at radius 1 is 1.00 bits per heavy atom. The van der Waals surface area contributed by atoms with Crippen LogP contribution in [0.5, 0.6) is 11.5 Å². The number of piperidine rings is 1. The van der Waals surface area contributed by atoms with E-state index in [-0.39, 0.29) is 24.3 Å². The highest BCUT2D eigenvalue weighted by molar-refractivity contribution is 6.35. The molecule has 0 aromatic heterocycles. The Hall–Kier alpha value is -3.15. The molecule has 1 atom stereocenters. The van der Waals surface area contributed by atoms with Gasteiger partial charge < -0.3 is 15.0 Å². The van der Waals surface area contributed by atoms with E-state index in [9.17, 15) is 14.4 Å². The number of ketones is 1. The number of amides is 2. The molecule has 1 fully saturated rings. The van der Waals surface area contributed by atoms with Crippen molar-refractivity contribution < 1.29 is 19.1 Å². The molecule has 3 rings (SSSR count). The predicted molar refractivity (Wildman–Crippen MR) is 110 cm³/mol. The summed E-state index contributed by atoms with van der Waals surface area (Å²) in [5.41, 5.74) is 0.580. The van der Waals surface area contributed by atoms with Crippen LogP contribution in [0.25, 0.3) is 0 Å². The molecule has 1 aliphatic heterocycles. The summed E-state index contributed by atoms with van der Waals surface area (Å²) in [7, 11) is 0. The number of carbonyl (C=O) groups is 3. The number of benzene rings is 2. The summed E-state index contributed by atoms with van der Waals surface area (Å²) in [4.78, 5) is 38.7. The van der Waals surface area contributed by atoms with E-state index in [1.54, 1.807) is 38.1 Å². The molecular weight excluding hydrogens is 368 g/mol. The van der Waals surface area contributed by atoms with Crippen LogP contribution in [0.4, 0.5) is 0 Å². The van der Waals surface area contributed by atoms with Gasteiger partial charge in [0.2, 0.25) is 0 Å². The van der Waals surface area contributed by atoms with Crippen molar-refractivity contribution in [1.29, 1.82) is 0 Å². The number of likely N-dealkylation sites (tertiary alicyclic amines) is 1. The fourth-order valence-electron chi connectivity index (χ4n) is 3.39. The molecule has 2 aromatic carbocycles. The molecule has 0 spiro atoms. The summed E-state index contributed by atoms with van der Waals surface area (Å²) >= 11 is 0. The van der Waals surface area contributed by atoms with Gasteiger partial charge in [0.1, 0.15) is 11.5 Å². The monoisotopic (exact) mass is 394 g/mol. The second-order valence-electron chi connectivity index (χ2n) is 7.52. The zero-order chi connectivity index (χ0) is 20.8. The molecule has 0 unspecified atom stereocenters. The molecule has 6 nitrogen and oxygen atoms in total. The van der Waals surface area contributed by atoms with Gasteiger partial charge in [-0.25, -0.2) is 0 Å². The summed E-state index contributed by atoms with van der Waals surface area (Å²) in [6.07, 6.45) is 1.41. The van der Waals surface area contributed by atoms with Crippen LogP contribution in [-0.4, -0.2) is 41.6 Å². The summed E-state index contributed by atoms with van der Waals surface area (Å²) < 4.78 is 5.76. The van der Waals surface area contributed by atoms with Crippen molar-refractivity contribution in [1.82, 2.24) is 10.2 Å². The smallest absolute Gasteiger partial charge is 0.311 e. The maximum Gasteiger partial charge on any atom is 0.311 e. The van der Waals surface area contributed by atoms with E-state index in [4.69, 9.17) is 4.74 Å². The third kappa shape index (κ3) is 5.44. The van der Waals surface area contributed by atoms with Crippen molar-refractivity contribution in [2.24, 2.45) is 5.92 Å².